The fourth-order valence-corrected chi connectivity index (χ4v) is 5.76. The number of amides is 1. The molecule has 2 fully saturated rings. The lowest BCUT2D eigenvalue weighted by atomic mass is 10.0. The second-order valence-electron chi connectivity index (χ2n) is 7.18. The van der Waals surface area contributed by atoms with Gasteiger partial charge >= 0.3 is 0 Å². The number of nitriles is 1. The Kier molecular flexibility index (Phi) is 4.85. The van der Waals surface area contributed by atoms with E-state index in [1.807, 2.05) is 26.0 Å². The van der Waals surface area contributed by atoms with Crippen LogP contribution in [0.1, 0.15) is 25.0 Å². The Morgan fingerprint density at radius 3 is 2.44 bits per heavy atom. The predicted molar refractivity (Wildman–Crippen MR) is 94.3 cm³/mol. The minimum absolute atomic E-state index is 0.0325. The van der Waals surface area contributed by atoms with Gasteiger partial charge in [-0.3, -0.25) is 9.69 Å². The largest absolute Gasteiger partial charge is 0.336 e. The van der Waals surface area contributed by atoms with Gasteiger partial charge in [-0.15, -0.1) is 0 Å². The number of carbonyl (C=O) groups is 1. The van der Waals surface area contributed by atoms with Gasteiger partial charge in [0.15, 0.2) is 9.84 Å². The van der Waals surface area contributed by atoms with Crippen molar-refractivity contribution in [2.75, 3.05) is 24.6 Å². The van der Waals surface area contributed by atoms with Crippen LogP contribution in [-0.2, 0) is 21.2 Å². The van der Waals surface area contributed by atoms with Crippen molar-refractivity contribution >= 4 is 15.7 Å². The summed E-state index contributed by atoms with van der Waals surface area (Å²) >= 11 is 0. The molecule has 1 aromatic carbocycles. The van der Waals surface area contributed by atoms with E-state index < -0.39 is 9.84 Å². The maximum atomic E-state index is 12.5. The molecule has 2 aliphatic rings. The minimum Gasteiger partial charge on any atom is -0.336 e. The van der Waals surface area contributed by atoms with Crippen LogP contribution >= 0.6 is 0 Å². The molecular formula is C18H23N3O3S. The lowest BCUT2D eigenvalue weighted by Gasteiger charge is -2.44. The van der Waals surface area contributed by atoms with E-state index in [0.717, 1.165) is 5.56 Å². The highest BCUT2D eigenvalue weighted by Gasteiger charge is 2.48. The Morgan fingerprint density at radius 1 is 1.20 bits per heavy atom. The highest BCUT2D eigenvalue weighted by molar-refractivity contribution is 7.91. The molecule has 0 spiro atoms. The Hall–Kier alpha value is -1.91. The quantitative estimate of drug-likeness (QED) is 0.803. The van der Waals surface area contributed by atoms with E-state index in [9.17, 15) is 13.2 Å². The molecule has 3 rings (SSSR count). The molecule has 25 heavy (non-hydrogen) atoms. The summed E-state index contributed by atoms with van der Waals surface area (Å²) < 4.78 is 24.4. The lowest BCUT2D eigenvalue weighted by molar-refractivity contribution is -0.140. The Morgan fingerprint density at radius 2 is 1.84 bits per heavy atom. The number of fused-ring (bicyclic) bond motifs is 1. The zero-order chi connectivity index (χ0) is 18.2. The van der Waals surface area contributed by atoms with Gasteiger partial charge in [0.2, 0.25) is 5.91 Å². The number of carbonyl (C=O) groups excluding carboxylic acids is 1. The molecule has 0 N–H and O–H groups in total. The third-order valence-electron chi connectivity index (χ3n) is 5.04. The molecule has 0 bridgehead atoms. The number of sulfone groups is 1. The third kappa shape index (κ3) is 3.70. The minimum atomic E-state index is -3.14. The summed E-state index contributed by atoms with van der Waals surface area (Å²) in [7, 11) is -3.14. The van der Waals surface area contributed by atoms with E-state index >= 15 is 0 Å². The average molecular weight is 361 g/mol. The smallest absolute Gasteiger partial charge is 0.225 e. The van der Waals surface area contributed by atoms with Gasteiger partial charge in [0.25, 0.3) is 0 Å². The summed E-state index contributed by atoms with van der Waals surface area (Å²) in [5.74, 6) is 0.0645. The molecule has 2 aliphatic heterocycles. The van der Waals surface area contributed by atoms with Crippen LogP contribution in [0.3, 0.4) is 0 Å². The fraction of sp³-hybridized carbons (Fsp3) is 0.556. The van der Waals surface area contributed by atoms with Gasteiger partial charge < -0.3 is 4.90 Å². The molecular weight excluding hydrogens is 338 g/mol. The number of rotatable bonds is 3. The van der Waals surface area contributed by atoms with Crippen molar-refractivity contribution in [3.05, 3.63) is 35.4 Å². The van der Waals surface area contributed by atoms with Crippen LogP contribution < -0.4 is 0 Å². The highest BCUT2D eigenvalue weighted by Crippen LogP contribution is 2.29. The summed E-state index contributed by atoms with van der Waals surface area (Å²) in [5, 5.41) is 8.89. The molecule has 0 saturated carbocycles. The van der Waals surface area contributed by atoms with Gasteiger partial charge in [0.05, 0.1) is 29.2 Å². The summed E-state index contributed by atoms with van der Waals surface area (Å²) in [6, 6.07) is 9.04. The predicted octanol–water partition coefficient (Wildman–Crippen LogP) is 1.02. The average Bonchev–Trinajstić information content (AvgIpc) is 2.90. The second kappa shape index (κ2) is 6.77. The van der Waals surface area contributed by atoms with Crippen molar-refractivity contribution < 1.29 is 13.2 Å². The monoisotopic (exact) mass is 361 g/mol. The van der Waals surface area contributed by atoms with Gasteiger partial charge in [0.1, 0.15) is 0 Å². The summed E-state index contributed by atoms with van der Waals surface area (Å²) in [5.41, 5.74) is 1.66. The number of hydrogen-bond donors (Lipinski definition) is 0. The van der Waals surface area contributed by atoms with E-state index in [4.69, 9.17) is 5.26 Å². The number of benzene rings is 1. The standard InChI is InChI=1S/C18H23N3O3S/c1-13(2)18(22)21-8-7-20(16-11-25(23,24)12-17(16)21)10-15-5-3-14(9-19)4-6-15/h3-6,13,16-17H,7-8,10-12H2,1-2H3/t16-,17+/m1/s1. The first-order valence-electron chi connectivity index (χ1n) is 8.55. The van der Waals surface area contributed by atoms with Crippen molar-refractivity contribution in [3.63, 3.8) is 0 Å². The van der Waals surface area contributed by atoms with Crippen molar-refractivity contribution in [1.29, 1.82) is 5.26 Å². The molecule has 0 aliphatic carbocycles. The van der Waals surface area contributed by atoms with Crippen LogP contribution in [0.4, 0.5) is 0 Å². The van der Waals surface area contributed by atoms with Gasteiger partial charge in [-0.25, -0.2) is 8.42 Å². The van der Waals surface area contributed by atoms with Crippen molar-refractivity contribution in [1.82, 2.24) is 9.80 Å². The Balaban J connectivity index is 1.80. The molecule has 2 atom stereocenters. The first kappa shape index (κ1) is 17.9. The summed E-state index contributed by atoms with van der Waals surface area (Å²) in [6.07, 6.45) is 0. The topological polar surface area (TPSA) is 81.5 Å². The highest BCUT2D eigenvalue weighted by atomic mass is 32.2. The fourth-order valence-electron chi connectivity index (χ4n) is 3.75. The van der Waals surface area contributed by atoms with Crippen molar-refractivity contribution in [3.8, 4) is 6.07 Å². The van der Waals surface area contributed by atoms with Crippen LogP contribution in [0, 0.1) is 17.2 Å². The number of nitrogens with zero attached hydrogens (tertiary/aromatic N) is 3. The molecule has 134 valence electrons. The van der Waals surface area contributed by atoms with E-state index in [1.165, 1.54) is 0 Å². The Labute approximate surface area is 148 Å². The van der Waals surface area contributed by atoms with Gasteiger partial charge in [-0.05, 0) is 17.7 Å². The maximum Gasteiger partial charge on any atom is 0.225 e. The zero-order valence-corrected chi connectivity index (χ0v) is 15.4. The molecule has 2 heterocycles. The van der Waals surface area contributed by atoms with Crippen LogP contribution in [0.5, 0.6) is 0 Å². The molecule has 7 heteroatoms. The van der Waals surface area contributed by atoms with E-state index in [2.05, 4.69) is 11.0 Å². The number of piperazine rings is 1. The van der Waals surface area contributed by atoms with Crippen LogP contribution in [0.25, 0.3) is 0 Å². The Bertz CT molecular complexity index is 796. The van der Waals surface area contributed by atoms with Crippen molar-refractivity contribution in [2.45, 2.75) is 32.5 Å². The van der Waals surface area contributed by atoms with Crippen LogP contribution in [-0.4, -0.2) is 60.8 Å². The van der Waals surface area contributed by atoms with E-state index in [1.54, 1.807) is 17.0 Å². The number of hydrogen-bond acceptors (Lipinski definition) is 5. The molecule has 1 aromatic rings. The van der Waals surface area contributed by atoms with Gasteiger partial charge in [-0.1, -0.05) is 26.0 Å². The second-order valence-corrected chi connectivity index (χ2v) is 9.33. The molecule has 0 radical (unpaired) electrons. The maximum absolute atomic E-state index is 12.5. The van der Waals surface area contributed by atoms with Crippen molar-refractivity contribution in [2.24, 2.45) is 5.92 Å². The molecule has 6 nitrogen and oxygen atoms in total. The lowest BCUT2D eigenvalue weighted by Crippen LogP contribution is -2.60. The first-order chi connectivity index (χ1) is 11.8. The van der Waals surface area contributed by atoms with E-state index in [-0.39, 0.29) is 35.4 Å². The third-order valence-corrected chi connectivity index (χ3v) is 6.74. The molecule has 1 amide bonds. The normalized spacial score (nSPS) is 25.6. The van der Waals surface area contributed by atoms with Crippen LogP contribution in [0.15, 0.2) is 24.3 Å². The first-order valence-corrected chi connectivity index (χ1v) is 10.4. The van der Waals surface area contributed by atoms with E-state index in [0.29, 0.717) is 25.2 Å². The molecule has 0 unspecified atom stereocenters. The summed E-state index contributed by atoms with van der Waals surface area (Å²) in [4.78, 5) is 16.4. The molecule has 0 aromatic heterocycles. The zero-order valence-electron chi connectivity index (χ0n) is 14.6. The van der Waals surface area contributed by atoms with Gasteiger partial charge in [0, 0.05) is 31.6 Å². The molecule has 2 saturated heterocycles. The van der Waals surface area contributed by atoms with Crippen LogP contribution in [0.2, 0.25) is 0 Å². The van der Waals surface area contributed by atoms with Gasteiger partial charge in [-0.2, -0.15) is 5.26 Å². The summed E-state index contributed by atoms with van der Waals surface area (Å²) in [6.45, 7) is 5.55. The SMILES string of the molecule is CC(C)C(=O)N1CCN(Cc2ccc(C#N)cc2)[C@@H]2CS(=O)(=O)C[C@@H]21.